The second-order valence-electron chi connectivity index (χ2n) is 23.2. The van der Waals surface area contributed by atoms with E-state index < -0.39 is 0 Å². The Morgan fingerprint density at radius 2 is 0.424 bits per heavy atom. The summed E-state index contributed by atoms with van der Waals surface area (Å²) < 4.78 is 11.7. The molecule has 0 amide bonds. The average Bonchev–Trinajstić information content (AvgIpc) is 2.91. The molecule has 0 atom stereocenters. The summed E-state index contributed by atoms with van der Waals surface area (Å²) in [6, 6.07) is 0. The maximum atomic E-state index is 5.19. The van der Waals surface area contributed by atoms with Crippen molar-refractivity contribution in [2.75, 3.05) is 276 Å². The molecule has 99 heavy (non-hydrogen) atoms. The van der Waals surface area contributed by atoms with E-state index in [1.165, 1.54) is 231 Å². The second-order valence-corrected chi connectivity index (χ2v) is 24.8. The van der Waals surface area contributed by atoms with Crippen molar-refractivity contribution in [1.29, 1.82) is 0 Å². The maximum absolute atomic E-state index is 5.19. The zero-order valence-electron chi connectivity index (χ0n) is 75.2. The molecule has 11 rings (SSSR count). The fraction of sp³-hybridized carbons (Fsp3) is 0.988. The molecule has 19 heteroatoms. The molecule has 0 unspecified atom stereocenters. The predicted molar refractivity (Wildman–Crippen MR) is 448 cm³/mol. The number of likely N-dealkylation sites (tertiary alicyclic amines) is 4. The first kappa shape index (κ1) is 123. The minimum atomic E-state index is 0.853. The van der Waals surface area contributed by atoms with Crippen LogP contribution in [0.4, 0.5) is 0 Å². The molecule has 11 heterocycles. The van der Waals surface area contributed by atoms with Crippen LogP contribution in [0.5, 0.6) is 0 Å². The van der Waals surface area contributed by atoms with Gasteiger partial charge in [-0.25, -0.2) is 20.0 Å². The van der Waals surface area contributed by atoms with E-state index in [9.17, 15) is 0 Å². The van der Waals surface area contributed by atoms with Gasteiger partial charge in [0.15, 0.2) is 0 Å². The third-order valence-electron chi connectivity index (χ3n) is 15.5. The van der Waals surface area contributed by atoms with Gasteiger partial charge in [0.05, 0.1) is 26.4 Å². The van der Waals surface area contributed by atoms with Crippen molar-refractivity contribution in [1.82, 2.24) is 69.4 Å². The molecule has 0 aliphatic carbocycles. The molecular weight excluding hydrogens is 1400 g/mol. The molecule has 11 fully saturated rings. The number of hydrogen-bond acceptors (Lipinski definition) is 18. The number of rotatable bonds is 0. The van der Waals surface area contributed by atoms with Crippen molar-refractivity contribution in [2.24, 2.45) is 0 Å². The molecule has 0 spiro atoms. The number of piperazine rings is 1. The number of nitrogens with zero attached hydrogens (tertiary/aromatic N) is 14. The topological polar surface area (TPSA) is 82.3 Å². The monoisotopic (exact) mass is 1600 g/mol. The van der Waals surface area contributed by atoms with Crippen LogP contribution in [-0.4, -0.2) is 349 Å². The van der Waals surface area contributed by atoms with Crippen LogP contribution in [0.2, 0.25) is 0 Å². The van der Waals surface area contributed by atoms with E-state index >= 15 is 0 Å². The number of hydrogen-bond donors (Lipinski definition) is 0. The summed E-state index contributed by atoms with van der Waals surface area (Å²) in [6.07, 6.45) is 22.0. The Balaban J connectivity index is -0.0000000930. The van der Waals surface area contributed by atoms with E-state index in [2.05, 4.69) is 144 Å². The normalized spacial score (nSPS) is 20.5. The third kappa shape index (κ3) is 99.9. The van der Waals surface area contributed by atoms with Crippen LogP contribution in [0.3, 0.4) is 0 Å². The third-order valence-corrected chi connectivity index (χ3v) is 17.0. The number of piperidine rings is 1. The second kappa shape index (κ2) is 109. The van der Waals surface area contributed by atoms with Gasteiger partial charge in [0, 0.05) is 121 Å². The number of hydrazine groups is 2. The number of hydroxylamine groups is 4. The number of likely N-dealkylation sites (N-methyl/N-ethyl adjacent to an activating group) is 4. The Morgan fingerprint density at radius 3 is 0.596 bits per heavy atom. The molecule has 0 aromatic carbocycles. The van der Waals surface area contributed by atoms with E-state index in [1.54, 1.807) is 0 Å². The summed E-state index contributed by atoms with van der Waals surface area (Å²) in [5.41, 5.74) is 0. The van der Waals surface area contributed by atoms with Crippen LogP contribution in [0.25, 0.3) is 0 Å². The summed E-state index contributed by atoms with van der Waals surface area (Å²) in [4.78, 5) is 28.8. The van der Waals surface area contributed by atoms with Crippen LogP contribution < -0.4 is 0 Å². The molecule has 614 valence electrons. The molecule has 0 aromatic heterocycles. The molecular formula is C80H194N14O4W. The molecule has 11 aliphatic heterocycles. The summed E-state index contributed by atoms with van der Waals surface area (Å²) in [7, 11) is 29.7. The van der Waals surface area contributed by atoms with Crippen LogP contribution in [-0.2, 0) is 38.5 Å². The van der Waals surface area contributed by atoms with E-state index in [1.807, 2.05) is 177 Å². The molecule has 0 saturated carbocycles. The van der Waals surface area contributed by atoms with Crippen molar-refractivity contribution in [3.63, 3.8) is 0 Å². The Labute approximate surface area is 639 Å². The number of ether oxygens (including phenoxy) is 2. The summed E-state index contributed by atoms with van der Waals surface area (Å²) in [5.74, 6) is 0. The molecule has 11 saturated heterocycles. The Hall–Kier alpha value is -0.162. The van der Waals surface area contributed by atoms with Crippen LogP contribution in [0.15, 0.2) is 0 Å². The molecule has 18 nitrogen and oxygen atoms in total. The van der Waals surface area contributed by atoms with Gasteiger partial charge in [0.2, 0.25) is 0 Å². The van der Waals surface area contributed by atoms with Crippen molar-refractivity contribution in [3.8, 4) is 0 Å². The zero-order valence-corrected chi connectivity index (χ0v) is 78.1. The van der Waals surface area contributed by atoms with Crippen LogP contribution in [0, 0.1) is 0 Å². The first-order chi connectivity index (χ1) is 48.0. The van der Waals surface area contributed by atoms with Gasteiger partial charge in [-0.2, -0.15) is 10.1 Å². The van der Waals surface area contributed by atoms with Crippen LogP contribution in [0.1, 0.15) is 255 Å². The van der Waals surface area contributed by atoms with Crippen molar-refractivity contribution in [2.45, 2.75) is 255 Å². The Kier molecular flexibility index (Phi) is 135. The molecule has 0 radical (unpaired) electrons. The van der Waals surface area contributed by atoms with E-state index in [0.717, 1.165) is 72.4 Å². The average molecular weight is 1600 g/mol. The van der Waals surface area contributed by atoms with E-state index in [0.29, 0.717) is 0 Å². The standard InChI is InChI=1S/C7H15N.2C6H14N2.C6H13N.C5H12N2.C5H11NO.C5H9NO.C5H11NO.C5H11N.C4H9NO.C4H9N.11C2H6.W/c1-8-6-4-2-3-5-7-8;1-7-3-5-8(2)6-4-7;1-7-5-3-4-6-8(7)2;1-7-5-3-2-4-6-7;1-6-4-3-5-7(6)2;2*1-6-2-4-7-5-3-6;1-6-4-2-3-5-7-6;1-6-4-2-3-5-6;1-5-3-2-4-6-5;1-5-3-2-4-5;11*1-2;/h2-7H2,1H3;2*3-6H2,1-2H3;2-6H2,1H3;3-5H2,1-2H3;2-5H2,1H3;2,4-5H2,1H3;2-5H2,1H3;2-5H2,1H3;2-4H2,1H3;2-4H2,1H3;11*1-2H3;. The van der Waals surface area contributed by atoms with Gasteiger partial charge in [0.25, 0.3) is 0 Å². The Morgan fingerprint density at radius 1 is 0.202 bits per heavy atom. The summed E-state index contributed by atoms with van der Waals surface area (Å²) in [5, 5.41) is 12.8. The van der Waals surface area contributed by atoms with Gasteiger partial charge in [0.1, 0.15) is 0 Å². The summed E-state index contributed by atoms with van der Waals surface area (Å²) >= 11 is 1.53. The quantitative estimate of drug-likeness (QED) is 0.231. The first-order valence-electron chi connectivity index (χ1n) is 41.7. The van der Waals surface area contributed by atoms with Gasteiger partial charge in [-0.3, -0.25) is 9.68 Å². The summed E-state index contributed by atoms with van der Waals surface area (Å²) in [6.45, 7) is 75.3. The zero-order chi connectivity index (χ0) is 78.9. The molecule has 0 bridgehead atoms. The van der Waals surface area contributed by atoms with Crippen molar-refractivity contribution < 1.29 is 38.5 Å². The van der Waals surface area contributed by atoms with Crippen molar-refractivity contribution >= 4 is 4.02 Å². The van der Waals surface area contributed by atoms with Crippen LogP contribution >= 0.6 is 0 Å². The first-order valence-corrected chi connectivity index (χ1v) is 43.1. The van der Waals surface area contributed by atoms with Gasteiger partial charge in [-0.1, -0.05) is 172 Å². The van der Waals surface area contributed by atoms with E-state index in [4.69, 9.17) is 19.1 Å². The molecule has 11 aliphatic rings. The van der Waals surface area contributed by atoms with Gasteiger partial charge in [-0.05, 0) is 185 Å². The van der Waals surface area contributed by atoms with Crippen molar-refractivity contribution in [3.05, 3.63) is 0 Å². The fourth-order valence-corrected chi connectivity index (χ4v) is 9.60. The Bertz CT molecular complexity index is 1200. The van der Waals surface area contributed by atoms with Gasteiger partial charge >= 0.3 is 59.8 Å². The van der Waals surface area contributed by atoms with E-state index in [-0.39, 0.29) is 0 Å². The van der Waals surface area contributed by atoms with Gasteiger partial charge < -0.3 is 39.0 Å². The fourth-order valence-electron chi connectivity index (χ4n) is 8.97. The van der Waals surface area contributed by atoms with Gasteiger partial charge in [-0.15, -0.1) is 0 Å². The SMILES string of the molecule is CC.CC.CC.CC.CC.CC.CC.CC.CC.CC.CC.CN1CCC1.CN1CCCC1.CN1CCCCC1.CN1CCCCCC1.CN1CCCCN1C.CN1CCCCO1.CN1CCCN1C.CN1CCCO1.CN1CCN(C)CC1.CN1CCOCC1.CN1CCOC[C]1=[W]. The predicted octanol–water partition coefficient (Wildman–Crippen LogP) is 16.0. The number of morpholine rings is 2. The minimum absolute atomic E-state index is 0.853. The molecule has 0 aromatic rings. The molecule has 0 N–H and O–H groups in total.